The van der Waals surface area contributed by atoms with Gasteiger partial charge in [-0.2, -0.15) is 5.26 Å². The molecule has 0 aromatic rings. The fourth-order valence-electron chi connectivity index (χ4n) is 1.98. The molecule has 0 amide bonds. The van der Waals surface area contributed by atoms with Gasteiger partial charge in [0.1, 0.15) is 0 Å². The van der Waals surface area contributed by atoms with Gasteiger partial charge in [-0.05, 0) is 18.8 Å². The van der Waals surface area contributed by atoms with E-state index >= 15 is 0 Å². The van der Waals surface area contributed by atoms with E-state index < -0.39 is 0 Å². The fraction of sp³-hybridized carbons (Fsp3) is 0.909. The highest BCUT2D eigenvalue weighted by Crippen LogP contribution is 2.33. The Hall–Kier alpha value is -0.160. The minimum absolute atomic E-state index is 0.250. The Labute approximate surface area is 85.9 Å². The average molecular weight is 197 g/mol. The molecule has 1 unspecified atom stereocenters. The maximum absolute atomic E-state index is 9.06. The third-order valence-corrected chi connectivity index (χ3v) is 3.95. The number of nitrogens with zero attached hydrogens (tertiary/aromatic N) is 1. The summed E-state index contributed by atoms with van der Waals surface area (Å²) in [5.41, 5.74) is 0. The summed E-state index contributed by atoms with van der Waals surface area (Å²) in [6.45, 7) is 4.36. The zero-order valence-electron chi connectivity index (χ0n) is 8.62. The van der Waals surface area contributed by atoms with Gasteiger partial charge in [-0.1, -0.05) is 33.1 Å². The van der Waals surface area contributed by atoms with Crippen LogP contribution in [0.25, 0.3) is 0 Å². The molecule has 0 aromatic carbocycles. The average Bonchev–Trinajstić information content (AvgIpc) is 2.15. The van der Waals surface area contributed by atoms with Crippen LogP contribution in [-0.4, -0.2) is 10.5 Å². The summed E-state index contributed by atoms with van der Waals surface area (Å²) >= 11 is 1.84. The highest BCUT2D eigenvalue weighted by molar-refractivity contribution is 8.00. The van der Waals surface area contributed by atoms with Crippen molar-refractivity contribution < 1.29 is 0 Å². The molecular weight excluding hydrogens is 178 g/mol. The van der Waals surface area contributed by atoms with Crippen molar-refractivity contribution in [1.82, 2.24) is 0 Å². The van der Waals surface area contributed by atoms with Gasteiger partial charge in [-0.15, -0.1) is 11.8 Å². The molecule has 0 aliphatic heterocycles. The van der Waals surface area contributed by atoms with E-state index in [-0.39, 0.29) is 5.25 Å². The van der Waals surface area contributed by atoms with Gasteiger partial charge in [0.2, 0.25) is 0 Å². The molecule has 13 heavy (non-hydrogen) atoms. The van der Waals surface area contributed by atoms with Crippen LogP contribution in [0.2, 0.25) is 0 Å². The van der Waals surface area contributed by atoms with E-state index in [0.29, 0.717) is 11.2 Å². The van der Waals surface area contributed by atoms with Gasteiger partial charge in [0.15, 0.2) is 0 Å². The van der Waals surface area contributed by atoms with E-state index in [2.05, 4.69) is 19.9 Å². The summed E-state index contributed by atoms with van der Waals surface area (Å²) in [5.74, 6) is 0.672. The zero-order chi connectivity index (χ0) is 9.68. The van der Waals surface area contributed by atoms with Gasteiger partial charge in [0, 0.05) is 5.25 Å². The smallest absolute Gasteiger partial charge is 0.0947 e. The normalized spacial score (nSPS) is 21.4. The molecule has 1 aliphatic rings. The summed E-state index contributed by atoms with van der Waals surface area (Å²) in [6.07, 6.45) is 6.60. The van der Waals surface area contributed by atoms with Crippen molar-refractivity contribution in [2.45, 2.75) is 56.5 Å². The van der Waals surface area contributed by atoms with Crippen LogP contribution in [0.3, 0.4) is 0 Å². The summed E-state index contributed by atoms with van der Waals surface area (Å²) in [5, 5.41) is 9.90. The topological polar surface area (TPSA) is 23.8 Å². The minimum atomic E-state index is 0.250. The van der Waals surface area contributed by atoms with Crippen LogP contribution in [0.15, 0.2) is 0 Å². The third-order valence-electron chi connectivity index (χ3n) is 2.62. The molecule has 0 spiro atoms. The molecule has 1 atom stereocenters. The lowest BCUT2D eigenvalue weighted by Gasteiger charge is -2.26. The molecule has 1 aliphatic carbocycles. The predicted molar refractivity (Wildman–Crippen MR) is 58.7 cm³/mol. The Bertz CT molecular complexity index is 177. The summed E-state index contributed by atoms with van der Waals surface area (Å²) in [7, 11) is 0. The monoisotopic (exact) mass is 197 g/mol. The molecule has 0 N–H and O–H groups in total. The Balaban J connectivity index is 2.40. The van der Waals surface area contributed by atoms with E-state index in [0.717, 1.165) is 0 Å². The first-order chi connectivity index (χ1) is 6.24. The molecule has 1 fully saturated rings. The number of rotatable bonds is 3. The Kier molecular flexibility index (Phi) is 4.66. The predicted octanol–water partition coefficient (Wildman–Crippen LogP) is 3.60. The second kappa shape index (κ2) is 5.54. The molecule has 74 valence electrons. The molecule has 1 saturated carbocycles. The quantitative estimate of drug-likeness (QED) is 0.690. The van der Waals surface area contributed by atoms with Crippen LogP contribution >= 0.6 is 11.8 Å². The number of thioether (sulfide) groups is 1. The summed E-state index contributed by atoms with van der Waals surface area (Å²) in [4.78, 5) is 0. The van der Waals surface area contributed by atoms with Crippen molar-refractivity contribution >= 4 is 11.8 Å². The van der Waals surface area contributed by atoms with Crippen molar-refractivity contribution in [3.8, 4) is 6.07 Å². The molecule has 1 rings (SSSR count). The van der Waals surface area contributed by atoms with Crippen LogP contribution in [0.4, 0.5) is 0 Å². The Morgan fingerprint density at radius 3 is 2.31 bits per heavy atom. The first-order valence-corrected chi connectivity index (χ1v) is 6.23. The number of hydrogen-bond acceptors (Lipinski definition) is 2. The van der Waals surface area contributed by atoms with Crippen LogP contribution in [0, 0.1) is 17.2 Å². The van der Waals surface area contributed by atoms with E-state index in [4.69, 9.17) is 5.26 Å². The van der Waals surface area contributed by atoms with E-state index in [1.165, 1.54) is 32.1 Å². The molecular formula is C11H19NS. The first kappa shape index (κ1) is 10.9. The van der Waals surface area contributed by atoms with Gasteiger partial charge < -0.3 is 0 Å². The third kappa shape index (κ3) is 3.60. The van der Waals surface area contributed by atoms with Crippen molar-refractivity contribution in [3.63, 3.8) is 0 Å². The largest absolute Gasteiger partial charge is 0.197 e. The zero-order valence-corrected chi connectivity index (χ0v) is 9.44. The van der Waals surface area contributed by atoms with Crippen LogP contribution in [0.5, 0.6) is 0 Å². The van der Waals surface area contributed by atoms with E-state index in [1.807, 2.05) is 11.8 Å². The molecule has 2 heteroatoms. The molecule has 1 nitrogen and oxygen atoms in total. The SMILES string of the molecule is CC(C)SC(C#N)C1CCCCC1. The maximum Gasteiger partial charge on any atom is 0.0947 e. The lowest BCUT2D eigenvalue weighted by atomic mass is 9.87. The molecule has 0 bridgehead atoms. The minimum Gasteiger partial charge on any atom is -0.197 e. The number of hydrogen-bond donors (Lipinski definition) is 0. The van der Waals surface area contributed by atoms with Gasteiger partial charge in [-0.3, -0.25) is 0 Å². The lowest BCUT2D eigenvalue weighted by Crippen LogP contribution is -2.20. The summed E-state index contributed by atoms with van der Waals surface area (Å²) < 4.78 is 0. The van der Waals surface area contributed by atoms with Crippen molar-refractivity contribution in [2.24, 2.45) is 5.92 Å². The molecule has 0 radical (unpaired) electrons. The fourth-order valence-corrected chi connectivity index (χ4v) is 3.12. The first-order valence-electron chi connectivity index (χ1n) is 5.29. The Morgan fingerprint density at radius 1 is 1.23 bits per heavy atom. The van der Waals surface area contributed by atoms with Gasteiger partial charge >= 0.3 is 0 Å². The van der Waals surface area contributed by atoms with Crippen molar-refractivity contribution in [3.05, 3.63) is 0 Å². The molecule has 0 aromatic heterocycles. The van der Waals surface area contributed by atoms with E-state index in [9.17, 15) is 0 Å². The van der Waals surface area contributed by atoms with Crippen LogP contribution in [0.1, 0.15) is 46.0 Å². The van der Waals surface area contributed by atoms with Gasteiger partial charge in [-0.25, -0.2) is 0 Å². The van der Waals surface area contributed by atoms with E-state index in [1.54, 1.807) is 0 Å². The van der Waals surface area contributed by atoms with Gasteiger partial charge in [0.05, 0.1) is 11.3 Å². The van der Waals surface area contributed by atoms with Crippen molar-refractivity contribution in [1.29, 1.82) is 5.26 Å². The van der Waals surface area contributed by atoms with Crippen molar-refractivity contribution in [2.75, 3.05) is 0 Å². The highest BCUT2D eigenvalue weighted by Gasteiger charge is 2.24. The molecule has 0 heterocycles. The summed E-state index contributed by atoms with van der Waals surface area (Å²) in [6, 6.07) is 2.47. The second-order valence-corrected chi connectivity index (χ2v) is 5.86. The van der Waals surface area contributed by atoms with Crippen LogP contribution < -0.4 is 0 Å². The lowest BCUT2D eigenvalue weighted by molar-refractivity contribution is 0.370. The van der Waals surface area contributed by atoms with Gasteiger partial charge in [0.25, 0.3) is 0 Å². The standard InChI is InChI=1S/C11H19NS/c1-9(2)13-11(8-12)10-6-4-3-5-7-10/h9-11H,3-7H2,1-2H3. The second-order valence-electron chi connectivity index (χ2n) is 4.13. The highest BCUT2D eigenvalue weighted by atomic mass is 32.2. The number of nitriles is 1. The molecule has 0 saturated heterocycles. The van der Waals surface area contributed by atoms with Crippen LogP contribution in [-0.2, 0) is 0 Å². The maximum atomic E-state index is 9.06. The Morgan fingerprint density at radius 2 is 1.85 bits per heavy atom.